The van der Waals surface area contributed by atoms with E-state index in [1.165, 1.54) is 0 Å². The maximum absolute atomic E-state index is 5.61. The van der Waals surface area contributed by atoms with Crippen LogP contribution in [0.25, 0.3) is 5.69 Å². The molecule has 1 heterocycles. The predicted molar refractivity (Wildman–Crippen MR) is 71.9 cm³/mol. The molecule has 0 atom stereocenters. The van der Waals surface area contributed by atoms with Gasteiger partial charge in [0.25, 0.3) is 0 Å². The molecule has 3 nitrogen and oxygen atoms in total. The first-order valence-electron chi connectivity index (χ1n) is 4.69. The first-order chi connectivity index (χ1) is 7.58. The lowest BCUT2D eigenvalue weighted by molar-refractivity contribution is 0.879. The molecule has 0 saturated heterocycles. The summed E-state index contributed by atoms with van der Waals surface area (Å²) in [6, 6.07) is 5.87. The monoisotopic (exact) mass is 295 g/mol. The lowest BCUT2D eigenvalue weighted by Crippen LogP contribution is -2.11. The van der Waals surface area contributed by atoms with Crippen LogP contribution in [0.5, 0.6) is 0 Å². The molecule has 5 heteroatoms. The van der Waals surface area contributed by atoms with Gasteiger partial charge in [-0.05, 0) is 46.6 Å². The highest BCUT2D eigenvalue weighted by Crippen LogP contribution is 2.16. The first kappa shape index (κ1) is 11.3. The van der Waals surface area contributed by atoms with Crippen LogP contribution in [0.15, 0.2) is 35.1 Å². The zero-order valence-corrected chi connectivity index (χ0v) is 11.0. The average Bonchev–Trinajstić information content (AvgIpc) is 2.64. The summed E-state index contributed by atoms with van der Waals surface area (Å²) in [6.45, 7) is 1.98. The van der Waals surface area contributed by atoms with E-state index in [1.807, 2.05) is 31.3 Å². The second kappa shape index (κ2) is 4.35. The van der Waals surface area contributed by atoms with E-state index < -0.39 is 0 Å². The Labute approximate surface area is 107 Å². The van der Waals surface area contributed by atoms with Crippen molar-refractivity contribution in [1.82, 2.24) is 9.78 Å². The molecule has 0 saturated carbocycles. The van der Waals surface area contributed by atoms with Crippen LogP contribution in [0.1, 0.15) is 11.1 Å². The van der Waals surface area contributed by atoms with Crippen LogP contribution in [0, 0.1) is 6.92 Å². The van der Waals surface area contributed by atoms with Crippen LogP contribution >= 0.6 is 28.1 Å². The van der Waals surface area contributed by atoms with Gasteiger partial charge in [0.15, 0.2) is 0 Å². The molecule has 0 unspecified atom stereocenters. The molecule has 82 valence electrons. The Hall–Kier alpha value is -1.20. The molecule has 0 spiro atoms. The average molecular weight is 296 g/mol. The summed E-state index contributed by atoms with van der Waals surface area (Å²) in [5, 5.41) is 4.21. The summed E-state index contributed by atoms with van der Waals surface area (Å²) >= 11 is 8.32. The molecule has 0 bridgehead atoms. The standard InChI is InChI=1S/C11H10BrN3S/c1-7-4-9(2-3-10(7)11(13)16)15-6-8(12)5-14-15/h2-6H,1H3,(H2,13,16). The maximum atomic E-state index is 5.61. The van der Waals surface area contributed by atoms with Crippen molar-refractivity contribution < 1.29 is 0 Å². The van der Waals surface area contributed by atoms with E-state index in [0.717, 1.165) is 21.3 Å². The summed E-state index contributed by atoms with van der Waals surface area (Å²) in [5.74, 6) is 0. The maximum Gasteiger partial charge on any atom is 0.104 e. The molecule has 2 N–H and O–H groups in total. The Kier molecular flexibility index (Phi) is 3.07. The summed E-state index contributed by atoms with van der Waals surface area (Å²) < 4.78 is 2.74. The molecule has 2 rings (SSSR count). The number of aryl methyl sites for hydroxylation is 1. The third-order valence-corrected chi connectivity index (χ3v) is 2.92. The number of aromatic nitrogens is 2. The van der Waals surface area contributed by atoms with Crippen molar-refractivity contribution in [2.75, 3.05) is 0 Å². The summed E-state index contributed by atoms with van der Waals surface area (Å²) in [6.07, 6.45) is 3.64. The van der Waals surface area contributed by atoms with Crippen molar-refractivity contribution >= 4 is 33.1 Å². The molecule has 0 radical (unpaired) electrons. The van der Waals surface area contributed by atoms with Crippen molar-refractivity contribution in [2.24, 2.45) is 5.73 Å². The Bertz CT molecular complexity index is 548. The topological polar surface area (TPSA) is 43.8 Å². The van der Waals surface area contributed by atoms with Crippen LogP contribution in [0.2, 0.25) is 0 Å². The molecule has 1 aromatic carbocycles. The molecule has 0 fully saturated rings. The van der Waals surface area contributed by atoms with Gasteiger partial charge in [-0.1, -0.05) is 12.2 Å². The molecule has 1 aromatic heterocycles. The van der Waals surface area contributed by atoms with E-state index in [-0.39, 0.29) is 0 Å². The van der Waals surface area contributed by atoms with E-state index in [9.17, 15) is 0 Å². The van der Waals surface area contributed by atoms with Gasteiger partial charge in [0.1, 0.15) is 4.99 Å². The third kappa shape index (κ3) is 2.15. The molecular weight excluding hydrogens is 286 g/mol. The van der Waals surface area contributed by atoms with Gasteiger partial charge < -0.3 is 5.73 Å². The third-order valence-electron chi connectivity index (χ3n) is 2.29. The predicted octanol–water partition coefficient (Wildman–Crippen LogP) is 2.58. The van der Waals surface area contributed by atoms with Gasteiger partial charge in [0.05, 0.1) is 16.4 Å². The lowest BCUT2D eigenvalue weighted by Gasteiger charge is -2.07. The second-order valence-corrected chi connectivity index (χ2v) is 4.82. The number of halogens is 1. The smallest absolute Gasteiger partial charge is 0.104 e. The van der Waals surface area contributed by atoms with Crippen molar-refractivity contribution in [1.29, 1.82) is 0 Å². The number of nitrogens with zero attached hydrogens (tertiary/aromatic N) is 2. The van der Waals surface area contributed by atoms with Crippen LogP contribution in [-0.4, -0.2) is 14.8 Å². The van der Waals surface area contributed by atoms with Crippen LogP contribution in [0.3, 0.4) is 0 Å². The fraction of sp³-hybridized carbons (Fsp3) is 0.0909. The minimum absolute atomic E-state index is 0.422. The Balaban J connectivity index is 2.45. The minimum Gasteiger partial charge on any atom is -0.389 e. The molecule has 0 aliphatic carbocycles. The zero-order chi connectivity index (χ0) is 11.7. The van der Waals surface area contributed by atoms with Crippen LogP contribution in [0.4, 0.5) is 0 Å². The van der Waals surface area contributed by atoms with Gasteiger partial charge in [0, 0.05) is 11.8 Å². The SMILES string of the molecule is Cc1cc(-n2cc(Br)cn2)ccc1C(N)=S. The zero-order valence-electron chi connectivity index (χ0n) is 8.64. The van der Waals surface area contributed by atoms with E-state index >= 15 is 0 Å². The number of rotatable bonds is 2. The van der Waals surface area contributed by atoms with E-state index in [2.05, 4.69) is 21.0 Å². The fourth-order valence-corrected chi connectivity index (χ4v) is 2.02. The van der Waals surface area contributed by atoms with Crippen LogP contribution < -0.4 is 5.73 Å². The van der Waals surface area contributed by atoms with Gasteiger partial charge in [-0.15, -0.1) is 0 Å². The van der Waals surface area contributed by atoms with E-state index in [4.69, 9.17) is 18.0 Å². The van der Waals surface area contributed by atoms with Gasteiger partial charge in [-0.2, -0.15) is 5.10 Å². The number of nitrogens with two attached hydrogens (primary N) is 1. The molecule has 0 aliphatic rings. The number of hydrogen-bond donors (Lipinski definition) is 1. The molecule has 0 amide bonds. The largest absolute Gasteiger partial charge is 0.389 e. The van der Waals surface area contributed by atoms with Crippen molar-refractivity contribution in [2.45, 2.75) is 6.92 Å². The molecule has 2 aromatic rings. The molecular formula is C11H10BrN3S. The second-order valence-electron chi connectivity index (χ2n) is 3.47. The number of hydrogen-bond acceptors (Lipinski definition) is 2. The normalized spacial score (nSPS) is 10.4. The summed E-state index contributed by atoms with van der Waals surface area (Å²) in [5.41, 5.74) is 8.56. The number of thiocarbonyl (C=S) groups is 1. The Morgan fingerprint density at radius 1 is 1.50 bits per heavy atom. The van der Waals surface area contributed by atoms with Crippen LogP contribution in [-0.2, 0) is 0 Å². The summed E-state index contributed by atoms with van der Waals surface area (Å²) in [7, 11) is 0. The van der Waals surface area contributed by atoms with E-state index in [0.29, 0.717) is 4.99 Å². The van der Waals surface area contributed by atoms with Crippen molar-refractivity contribution in [3.63, 3.8) is 0 Å². The number of benzene rings is 1. The Morgan fingerprint density at radius 2 is 2.25 bits per heavy atom. The lowest BCUT2D eigenvalue weighted by atomic mass is 10.1. The van der Waals surface area contributed by atoms with Gasteiger partial charge >= 0.3 is 0 Å². The van der Waals surface area contributed by atoms with Crippen molar-refractivity contribution in [3.05, 3.63) is 46.2 Å². The molecule has 16 heavy (non-hydrogen) atoms. The highest BCUT2D eigenvalue weighted by atomic mass is 79.9. The minimum atomic E-state index is 0.422. The van der Waals surface area contributed by atoms with Gasteiger partial charge in [-0.25, -0.2) is 4.68 Å². The first-order valence-corrected chi connectivity index (χ1v) is 5.89. The van der Waals surface area contributed by atoms with Gasteiger partial charge in [0.2, 0.25) is 0 Å². The highest BCUT2D eigenvalue weighted by molar-refractivity contribution is 9.10. The Morgan fingerprint density at radius 3 is 2.75 bits per heavy atom. The van der Waals surface area contributed by atoms with Crippen molar-refractivity contribution in [3.8, 4) is 5.69 Å². The molecule has 0 aliphatic heterocycles. The highest BCUT2D eigenvalue weighted by Gasteiger charge is 2.04. The van der Waals surface area contributed by atoms with E-state index in [1.54, 1.807) is 10.9 Å². The fourth-order valence-electron chi connectivity index (χ4n) is 1.51. The van der Waals surface area contributed by atoms with Gasteiger partial charge in [-0.3, -0.25) is 0 Å². The quantitative estimate of drug-likeness (QED) is 0.866. The summed E-state index contributed by atoms with van der Waals surface area (Å²) in [4.78, 5) is 0.422.